The summed E-state index contributed by atoms with van der Waals surface area (Å²) in [7, 11) is 1.53. The molecule has 9 heteroatoms. The molecule has 43 heavy (non-hydrogen) atoms. The molecule has 0 aromatic heterocycles. The van der Waals surface area contributed by atoms with Crippen LogP contribution in [0.3, 0.4) is 0 Å². The molecule has 214 valence electrons. The molecule has 0 N–H and O–H groups in total. The highest BCUT2D eigenvalue weighted by Crippen LogP contribution is 2.70. The van der Waals surface area contributed by atoms with E-state index < -0.39 is 33.1 Å². The zero-order valence-corrected chi connectivity index (χ0v) is 25.9. The van der Waals surface area contributed by atoms with Gasteiger partial charge in [-0.25, -0.2) is 9.69 Å². The van der Waals surface area contributed by atoms with Crippen molar-refractivity contribution in [2.24, 2.45) is 11.8 Å². The Morgan fingerprint density at radius 1 is 0.698 bits per heavy atom. The first-order valence-corrected chi connectivity index (χ1v) is 15.2. The first-order chi connectivity index (χ1) is 20.7. The molecule has 0 spiro atoms. The lowest BCUT2D eigenvalue weighted by Crippen LogP contribution is -2.56. The lowest BCUT2D eigenvalue weighted by Gasteiger charge is -2.55. The van der Waals surface area contributed by atoms with E-state index in [0.29, 0.717) is 17.0 Å². The van der Waals surface area contributed by atoms with Gasteiger partial charge in [0.1, 0.15) is 5.75 Å². The molecule has 1 saturated heterocycles. The SMILES string of the molecule is COc1ccc(C(=O)COC(=O)c2ccc(N3C(=O)[C@@H]4[C@@H](C3=O)C3(Br)c5ccccc5C4(Br)c4ccccc43)cc2)cc1. The maximum atomic E-state index is 14.2. The second-order valence-corrected chi connectivity index (χ2v) is 13.3. The minimum Gasteiger partial charge on any atom is -0.497 e. The van der Waals surface area contributed by atoms with Crippen molar-refractivity contribution >= 4 is 61.1 Å². The van der Waals surface area contributed by atoms with Crippen molar-refractivity contribution in [3.8, 4) is 5.75 Å². The lowest BCUT2D eigenvalue weighted by molar-refractivity contribution is -0.122. The van der Waals surface area contributed by atoms with Crippen LogP contribution in [0.4, 0.5) is 5.69 Å². The highest BCUT2D eigenvalue weighted by atomic mass is 79.9. The number of hydrogen-bond donors (Lipinski definition) is 0. The number of halogens is 2. The molecule has 4 aliphatic rings. The Balaban J connectivity index is 1.16. The summed E-state index contributed by atoms with van der Waals surface area (Å²) in [5.74, 6) is -2.46. The molecule has 4 aromatic rings. The van der Waals surface area contributed by atoms with Crippen LogP contribution in [0.25, 0.3) is 0 Å². The zero-order chi connectivity index (χ0) is 30.1. The zero-order valence-electron chi connectivity index (χ0n) is 22.8. The number of imide groups is 1. The van der Waals surface area contributed by atoms with Crippen LogP contribution in [-0.4, -0.2) is 37.3 Å². The third-order valence-electron chi connectivity index (χ3n) is 8.69. The van der Waals surface area contributed by atoms with E-state index >= 15 is 0 Å². The molecule has 0 unspecified atom stereocenters. The average molecular weight is 701 g/mol. The molecule has 8 rings (SSSR count). The Morgan fingerprint density at radius 2 is 1.14 bits per heavy atom. The largest absolute Gasteiger partial charge is 0.497 e. The molecule has 0 radical (unpaired) electrons. The molecule has 1 aliphatic heterocycles. The maximum Gasteiger partial charge on any atom is 0.338 e. The molecular weight excluding hydrogens is 678 g/mol. The molecule has 0 saturated carbocycles. The number of carbonyl (C=O) groups is 4. The number of nitrogens with zero attached hydrogens (tertiary/aromatic N) is 1. The summed E-state index contributed by atoms with van der Waals surface area (Å²) in [4.78, 5) is 54.8. The van der Waals surface area contributed by atoms with Gasteiger partial charge < -0.3 is 9.47 Å². The van der Waals surface area contributed by atoms with Crippen LogP contribution >= 0.6 is 31.9 Å². The molecule has 4 aromatic carbocycles. The number of anilines is 1. The summed E-state index contributed by atoms with van der Waals surface area (Å²) in [6.07, 6.45) is 0. The highest BCUT2D eigenvalue weighted by Gasteiger charge is 2.72. The molecule has 1 heterocycles. The Bertz CT molecular complexity index is 1710. The van der Waals surface area contributed by atoms with Crippen molar-refractivity contribution in [3.05, 3.63) is 130 Å². The highest BCUT2D eigenvalue weighted by molar-refractivity contribution is 9.10. The van der Waals surface area contributed by atoms with Crippen LogP contribution < -0.4 is 9.64 Å². The summed E-state index contributed by atoms with van der Waals surface area (Å²) >= 11 is 8.00. The number of rotatable bonds is 6. The number of ether oxygens (including phenoxy) is 2. The molecule has 7 nitrogen and oxygen atoms in total. The molecule has 2 bridgehead atoms. The molecule has 3 aliphatic carbocycles. The predicted octanol–water partition coefficient (Wildman–Crippen LogP) is 6.14. The summed E-state index contributed by atoms with van der Waals surface area (Å²) in [5.41, 5.74) is 4.76. The quantitative estimate of drug-likeness (QED) is 0.104. The number of benzene rings is 4. The molecule has 2 atom stereocenters. The van der Waals surface area contributed by atoms with Crippen molar-refractivity contribution in [3.63, 3.8) is 0 Å². The fourth-order valence-corrected chi connectivity index (χ4v) is 9.05. The number of Topliss-reactive ketones (excluding diaryl/α,β-unsaturated/α-hetero) is 1. The molecule has 2 amide bonds. The normalized spacial score (nSPS) is 24.7. The Hall–Kier alpha value is -4.08. The van der Waals surface area contributed by atoms with Gasteiger partial charge in [-0.15, -0.1) is 0 Å². The third-order valence-corrected chi connectivity index (χ3v) is 11.4. The van der Waals surface area contributed by atoms with Crippen molar-refractivity contribution in [2.75, 3.05) is 18.6 Å². The maximum absolute atomic E-state index is 14.2. The van der Waals surface area contributed by atoms with Crippen LogP contribution in [-0.2, 0) is 23.0 Å². The van der Waals surface area contributed by atoms with Crippen molar-refractivity contribution in [1.29, 1.82) is 0 Å². The van der Waals surface area contributed by atoms with Gasteiger partial charge in [-0.1, -0.05) is 80.4 Å². The number of esters is 1. The van der Waals surface area contributed by atoms with Gasteiger partial charge in [0, 0.05) is 5.56 Å². The van der Waals surface area contributed by atoms with E-state index in [1.807, 2.05) is 48.5 Å². The second kappa shape index (κ2) is 9.99. The fraction of sp³-hybridized carbons (Fsp3) is 0.176. The number of hydrogen-bond acceptors (Lipinski definition) is 6. The molecular formula is C34H23Br2NO6. The number of alkyl halides is 2. The minimum absolute atomic E-state index is 0.191. The monoisotopic (exact) mass is 699 g/mol. The van der Waals surface area contributed by atoms with Gasteiger partial charge in [0.15, 0.2) is 12.4 Å². The van der Waals surface area contributed by atoms with E-state index in [1.54, 1.807) is 36.4 Å². The predicted molar refractivity (Wildman–Crippen MR) is 166 cm³/mol. The van der Waals surface area contributed by atoms with Crippen LogP contribution in [0, 0.1) is 11.8 Å². The number of carbonyl (C=O) groups excluding carboxylic acids is 4. The number of amides is 2. The Morgan fingerprint density at radius 3 is 1.58 bits per heavy atom. The third kappa shape index (κ3) is 3.84. The minimum atomic E-state index is -0.887. The van der Waals surface area contributed by atoms with Gasteiger partial charge >= 0.3 is 5.97 Å². The first-order valence-electron chi connectivity index (χ1n) is 13.6. The van der Waals surface area contributed by atoms with Crippen LogP contribution in [0.15, 0.2) is 97.1 Å². The Kier molecular flexibility index (Phi) is 6.45. The van der Waals surface area contributed by atoms with Gasteiger partial charge in [-0.2, -0.15) is 0 Å². The smallest absolute Gasteiger partial charge is 0.338 e. The van der Waals surface area contributed by atoms with Crippen molar-refractivity contribution in [2.45, 2.75) is 8.65 Å². The lowest BCUT2D eigenvalue weighted by atomic mass is 9.54. The van der Waals surface area contributed by atoms with Crippen LogP contribution in [0.1, 0.15) is 43.0 Å². The first kappa shape index (κ1) is 27.7. The fourth-order valence-electron chi connectivity index (χ4n) is 6.74. The summed E-state index contributed by atoms with van der Waals surface area (Å²) in [6.45, 7) is -0.429. The van der Waals surface area contributed by atoms with Crippen molar-refractivity contribution < 1.29 is 28.7 Å². The van der Waals surface area contributed by atoms with E-state index in [4.69, 9.17) is 9.47 Å². The van der Waals surface area contributed by atoms with Gasteiger partial charge in [0.05, 0.1) is 38.8 Å². The number of methoxy groups -OCH3 is 1. The summed E-state index contributed by atoms with van der Waals surface area (Å²) in [6, 6.07) is 28.4. The Labute approximate surface area is 264 Å². The van der Waals surface area contributed by atoms with E-state index in [9.17, 15) is 19.2 Å². The number of ketones is 1. The van der Waals surface area contributed by atoms with E-state index in [1.165, 1.54) is 24.1 Å². The average Bonchev–Trinajstić information content (AvgIpc) is 3.33. The summed E-state index contributed by atoms with van der Waals surface area (Å²) < 4.78 is 8.57. The van der Waals surface area contributed by atoms with Gasteiger partial charge in [0.25, 0.3) is 0 Å². The summed E-state index contributed by atoms with van der Waals surface area (Å²) in [5, 5.41) is 0. The topological polar surface area (TPSA) is 90.0 Å². The van der Waals surface area contributed by atoms with Crippen molar-refractivity contribution in [1.82, 2.24) is 0 Å². The molecule has 1 fully saturated rings. The standard InChI is InChI=1S/C34H23Br2NO6/c1-42-22-16-12-19(13-17-22)27(38)18-43-32(41)20-10-14-21(15-11-20)37-30(39)28-29(31(37)40)34(36)24-7-3-2-6-23(24)33(28,35)25-8-4-5-9-26(25)34/h2-17,28-29H,18H2,1H3/t28-,29-,33?,34?/m0/s1. The second-order valence-electron chi connectivity index (χ2n) is 10.8. The van der Waals surface area contributed by atoms with E-state index in [-0.39, 0.29) is 23.2 Å². The van der Waals surface area contributed by atoms with Gasteiger partial charge in [-0.05, 0) is 70.8 Å². The van der Waals surface area contributed by atoms with Gasteiger partial charge in [0.2, 0.25) is 11.8 Å². The van der Waals surface area contributed by atoms with Crippen LogP contribution in [0.5, 0.6) is 5.75 Å². The van der Waals surface area contributed by atoms with Gasteiger partial charge in [-0.3, -0.25) is 14.4 Å². The van der Waals surface area contributed by atoms with E-state index in [0.717, 1.165) is 22.3 Å². The van der Waals surface area contributed by atoms with Crippen LogP contribution in [0.2, 0.25) is 0 Å². The van der Waals surface area contributed by atoms with E-state index in [2.05, 4.69) is 31.9 Å².